The molecule has 0 aromatic heterocycles. The van der Waals surface area contributed by atoms with Gasteiger partial charge in [0.15, 0.2) is 5.31 Å². The highest BCUT2D eigenvalue weighted by Crippen LogP contribution is 2.26. The Bertz CT molecular complexity index is 97.9. The molecule has 0 saturated carbocycles. The topological polar surface area (TPSA) is 37.3 Å². The van der Waals surface area contributed by atoms with E-state index in [1.165, 1.54) is 0 Å². The lowest BCUT2D eigenvalue weighted by Crippen LogP contribution is -1.64. The first-order valence-corrected chi connectivity index (χ1v) is 3.23. The van der Waals surface area contributed by atoms with Gasteiger partial charge in [-0.2, -0.15) is 4.89 Å². The van der Waals surface area contributed by atoms with Crippen LogP contribution in [0.5, 0.6) is 0 Å². The zero-order valence-corrected chi connectivity index (χ0v) is 5.11. The summed E-state index contributed by atoms with van der Waals surface area (Å²) in [5.74, 6) is 0. The van der Waals surface area contributed by atoms with Crippen molar-refractivity contribution in [3.63, 3.8) is 0 Å². The van der Waals surface area contributed by atoms with Gasteiger partial charge < -0.3 is 0 Å². The van der Waals surface area contributed by atoms with Gasteiger partial charge >= 0.3 is 8.03 Å². The van der Waals surface area contributed by atoms with Crippen molar-refractivity contribution in [3.8, 4) is 0 Å². The first kappa shape index (κ1) is 6.80. The lowest BCUT2D eigenvalue weighted by molar-refractivity contribution is 0.508. The van der Waals surface area contributed by atoms with Crippen molar-refractivity contribution in [1.82, 2.24) is 0 Å². The molecule has 0 aromatic carbocycles. The standard InChI is InChI=1S/C4H7O2P/c1-3-4(2)7(5)6/h2-3H2,1H3/p+1. The maximum absolute atomic E-state index is 9.98. The summed E-state index contributed by atoms with van der Waals surface area (Å²) in [6.07, 6.45) is 0.589. The van der Waals surface area contributed by atoms with Gasteiger partial charge in [-0.05, 0) is 11.1 Å². The summed E-state index contributed by atoms with van der Waals surface area (Å²) in [6.45, 7) is 5.14. The van der Waals surface area contributed by atoms with Gasteiger partial charge in [-0.3, -0.25) is 0 Å². The second-order valence-electron chi connectivity index (χ2n) is 1.19. The second kappa shape index (κ2) is 2.89. The molecule has 0 rings (SSSR count). The Morgan fingerprint density at radius 1 is 2.00 bits per heavy atom. The quantitative estimate of drug-likeness (QED) is 0.561. The van der Waals surface area contributed by atoms with Crippen LogP contribution in [0.4, 0.5) is 0 Å². The van der Waals surface area contributed by atoms with E-state index in [2.05, 4.69) is 6.58 Å². The summed E-state index contributed by atoms with van der Waals surface area (Å²) in [4.78, 5) is 8.23. The minimum atomic E-state index is -2.11. The molecular weight excluding hydrogens is 111 g/mol. The van der Waals surface area contributed by atoms with E-state index in [0.29, 0.717) is 11.7 Å². The Labute approximate surface area is 43.7 Å². The van der Waals surface area contributed by atoms with Crippen molar-refractivity contribution in [1.29, 1.82) is 0 Å². The van der Waals surface area contributed by atoms with Crippen molar-refractivity contribution >= 4 is 8.03 Å². The Hall–Kier alpha value is -0.200. The summed E-state index contributed by atoms with van der Waals surface area (Å²) in [5.41, 5.74) is 0. The number of rotatable bonds is 2. The average Bonchev–Trinajstić information content (AvgIpc) is 1.65. The number of allylic oxidation sites excluding steroid dienone is 1. The van der Waals surface area contributed by atoms with Crippen LogP contribution in [0.2, 0.25) is 0 Å². The van der Waals surface area contributed by atoms with E-state index in [1.807, 2.05) is 0 Å². The monoisotopic (exact) mass is 119 g/mol. The lowest BCUT2D eigenvalue weighted by atomic mass is 10.5. The van der Waals surface area contributed by atoms with Gasteiger partial charge in [0.25, 0.3) is 0 Å². The normalized spacial score (nSPS) is 10.9. The Balaban J connectivity index is 3.58. The van der Waals surface area contributed by atoms with E-state index >= 15 is 0 Å². The molecule has 0 aliphatic heterocycles. The van der Waals surface area contributed by atoms with Gasteiger partial charge in [-0.15, -0.1) is 0 Å². The van der Waals surface area contributed by atoms with Crippen LogP contribution in [0.25, 0.3) is 0 Å². The molecule has 40 valence electrons. The molecule has 1 unspecified atom stereocenters. The SMILES string of the molecule is C=C(CC)[P+](=O)O. The number of hydrogen-bond donors (Lipinski definition) is 1. The maximum Gasteiger partial charge on any atom is 0.540 e. The molecule has 0 aromatic rings. The predicted molar refractivity (Wildman–Crippen MR) is 29.3 cm³/mol. The molecular formula is C4H8O2P+. The maximum atomic E-state index is 9.98. The van der Waals surface area contributed by atoms with Crippen molar-refractivity contribution in [2.45, 2.75) is 13.3 Å². The van der Waals surface area contributed by atoms with Crippen LogP contribution in [0.1, 0.15) is 13.3 Å². The molecule has 1 atom stereocenters. The zero-order chi connectivity index (χ0) is 5.86. The highest BCUT2D eigenvalue weighted by atomic mass is 31.1. The smallest absolute Gasteiger partial charge is 0.156 e. The molecule has 3 heteroatoms. The van der Waals surface area contributed by atoms with Crippen LogP contribution >= 0.6 is 8.03 Å². The summed E-state index contributed by atoms with van der Waals surface area (Å²) in [6, 6.07) is 0. The molecule has 0 spiro atoms. The van der Waals surface area contributed by atoms with Gasteiger partial charge in [-0.1, -0.05) is 6.92 Å². The molecule has 0 amide bonds. The summed E-state index contributed by atoms with van der Waals surface area (Å²) < 4.78 is 9.98. The fourth-order valence-corrected chi connectivity index (χ4v) is 0.406. The fourth-order valence-electron chi connectivity index (χ4n) is 0.135. The largest absolute Gasteiger partial charge is 0.540 e. The van der Waals surface area contributed by atoms with Crippen molar-refractivity contribution in [2.75, 3.05) is 0 Å². The number of hydrogen-bond acceptors (Lipinski definition) is 1. The van der Waals surface area contributed by atoms with E-state index < -0.39 is 8.03 Å². The van der Waals surface area contributed by atoms with Gasteiger partial charge in [0.1, 0.15) is 0 Å². The molecule has 1 N–H and O–H groups in total. The van der Waals surface area contributed by atoms with Crippen molar-refractivity contribution in [3.05, 3.63) is 11.9 Å². The molecule has 2 nitrogen and oxygen atoms in total. The average molecular weight is 119 g/mol. The van der Waals surface area contributed by atoms with Crippen LogP contribution in [-0.2, 0) is 4.57 Å². The second-order valence-corrected chi connectivity index (χ2v) is 2.37. The molecule has 7 heavy (non-hydrogen) atoms. The van der Waals surface area contributed by atoms with Crippen LogP contribution in [0.3, 0.4) is 0 Å². The lowest BCUT2D eigenvalue weighted by Gasteiger charge is -1.73. The summed E-state index contributed by atoms with van der Waals surface area (Å²) >= 11 is 0. The molecule has 0 aliphatic carbocycles. The molecule has 0 radical (unpaired) electrons. The van der Waals surface area contributed by atoms with E-state index in [1.54, 1.807) is 6.92 Å². The first-order valence-electron chi connectivity index (χ1n) is 2.02. The van der Waals surface area contributed by atoms with E-state index in [4.69, 9.17) is 4.89 Å². The van der Waals surface area contributed by atoms with E-state index in [-0.39, 0.29) is 0 Å². The van der Waals surface area contributed by atoms with Crippen molar-refractivity contribution < 1.29 is 9.46 Å². The van der Waals surface area contributed by atoms with Gasteiger partial charge in [0.2, 0.25) is 0 Å². The van der Waals surface area contributed by atoms with Crippen LogP contribution in [0.15, 0.2) is 11.9 Å². The first-order chi connectivity index (χ1) is 3.18. The summed E-state index contributed by atoms with van der Waals surface area (Å²) in [5, 5.41) is 0.412. The minimum absolute atomic E-state index is 0.412. The fraction of sp³-hybridized carbons (Fsp3) is 0.500. The zero-order valence-electron chi connectivity index (χ0n) is 4.22. The van der Waals surface area contributed by atoms with Crippen LogP contribution in [0, 0.1) is 0 Å². The minimum Gasteiger partial charge on any atom is -0.156 e. The van der Waals surface area contributed by atoms with Crippen LogP contribution in [-0.4, -0.2) is 4.89 Å². The molecule has 0 bridgehead atoms. The Morgan fingerprint density at radius 2 is 2.43 bits per heavy atom. The van der Waals surface area contributed by atoms with Crippen LogP contribution < -0.4 is 0 Å². The molecule has 0 heterocycles. The van der Waals surface area contributed by atoms with Gasteiger partial charge in [0, 0.05) is 6.42 Å². The third-order valence-electron chi connectivity index (χ3n) is 0.679. The van der Waals surface area contributed by atoms with E-state index in [9.17, 15) is 4.57 Å². The molecule has 0 aliphatic rings. The summed E-state index contributed by atoms with van der Waals surface area (Å²) in [7, 11) is -2.11. The highest BCUT2D eigenvalue weighted by Gasteiger charge is 2.13. The highest BCUT2D eigenvalue weighted by molar-refractivity contribution is 7.43. The Morgan fingerprint density at radius 3 is 2.43 bits per heavy atom. The molecule has 0 fully saturated rings. The Kier molecular flexibility index (Phi) is 2.81. The third kappa shape index (κ3) is 2.49. The van der Waals surface area contributed by atoms with Gasteiger partial charge in [-0.25, -0.2) is 0 Å². The third-order valence-corrected chi connectivity index (χ3v) is 1.54. The predicted octanol–water partition coefficient (Wildman–Crippen LogP) is 1.64. The van der Waals surface area contributed by atoms with Crippen molar-refractivity contribution in [2.24, 2.45) is 0 Å². The van der Waals surface area contributed by atoms with E-state index in [0.717, 1.165) is 0 Å². The van der Waals surface area contributed by atoms with Gasteiger partial charge in [0.05, 0.1) is 0 Å². The molecule has 0 saturated heterocycles.